The Morgan fingerprint density at radius 2 is 1.50 bits per heavy atom. The summed E-state index contributed by atoms with van der Waals surface area (Å²) in [5.74, 6) is -0.534. The van der Waals surface area contributed by atoms with Crippen molar-refractivity contribution in [1.82, 2.24) is 0 Å². The van der Waals surface area contributed by atoms with Gasteiger partial charge in [0.2, 0.25) is 0 Å². The summed E-state index contributed by atoms with van der Waals surface area (Å²) in [5.41, 5.74) is 1.65. The largest absolute Gasteiger partial charge is 0.451 e. The molecule has 1 heterocycles. The molecule has 2 N–H and O–H groups in total. The summed E-state index contributed by atoms with van der Waals surface area (Å²) >= 11 is 11.9. The van der Waals surface area contributed by atoms with Crippen molar-refractivity contribution in [1.29, 1.82) is 0 Å². The van der Waals surface area contributed by atoms with Crippen LogP contribution >= 0.6 is 23.2 Å². The van der Waals surface area contributed by atoms with Gasteiger partial charge in [0.1, 0.15) is 5.76 Å². The van der Waals surface area contributed by atoms with Crippen LogP contribution in [0.2, 0.25) is 10.0 Å². The van der Waals surface area contributed by atoms with Crippen LogP contribution in [0.5, 0.6) is 0 Å². The summed E-state index contributed by atoms with van der Waals surface area (Å²) in [6, 6.07) is 20.0. The van der Waals surface area contributed by atoms with Crippen molar-refractivity contribution >= 4 is 52.1 Å². The number of non-ortho nitro benzene ring substituents is 1. The van der Waals surface area contributed by atoms with Gasteiger partial charge in [-0.1, -0.05) is 35.3 Å². The van der Waals surface area contributed by atoms with Crippen molar-refractivity contribution in [3.63, 3.8) is 0 Å². The molecule has 0 unspecified atom stereocenters. The zero-order valence-electron chi connectivity index (χ0n) is 17.2. The third-order valence-electron chi connectivity index (χ3n) is 4.75. The average Bonchev–Trinajstić information content (AvgIpc) is 3.31. The molecule has 170 valence electrons. The maximum absolute atomic E-state index is 12.5. The van der Waals surface area contributed by atoms with E-state index >= 15 is 0 Å². The lowest BCUT2D eigenvalue weighted by Gasteiger charge is -2.08. The Morgan fingerprint density at radius 3 is 2.15 bits per heavy atom. The number of nitrogens with one attached hydrogen (secondary N) is 2. The normalized spacial score (nSPS) is 10.5. The molecule has 0 bridgehead atoms. The SMILES string of the molecule is O=C(Nc1ccc(NC(=O)c2ccc(Cl)cc2Cl)cc1)c1ccc(-c2cccc([N+](=O)[O-])c2)o1. The molecule has 0 spiro atoms. The number of anilines is 2. The summed E-state index contributed by atoms with van der Waals surface area (Å²) in [5, 5.41) is 17.0. The predicted molar refractivity (Wildman–Crippen MR) is 130 cm³/mol. The zero-order chi connectivity index (χ0) is 24.2. The number of hydrogen-bond donors (Lipinski definition) is 2. The first-order valence-electron chi connectivity index (χ1n) is 9.82. The van der Waals surface area contributed by atoms with E-state index in [1.54, 1.807) is 42.5 Å². The number of benzene rings is 3. The highest BCUT2D eigenvalue weighted by atomic mass is 35.5. The van der Waals surface area contributed by atoms with Gasteiger partial charge < -0.3 is 15.1 Å². The van der Waals surface area contributed by atoms with Gasteiger partial charge >= 0.3 is 0 Å². The first kappa shape index (κ1) is 23.0. The number of rotatable bonds is 6. The van der Waals surface area contributed by atoms with E-state index in [-0.39, 0.29) is 22.0 Å². The lowest BCUT2D eigenvalue weighted by atomic mass is 10.1. The summed E-state index contributed by atoms with van der Waals surface area (Å²) < 4.78 is 5.57. The Bertz CT molecular complexity index is 1400. The molecular weight excluding hydrogens is 481 g/mol. The monoisotopic (exact) mass is 495 g/mol. The topological polar surface area (TPSA) is 114 Å². The van der Waals surface area contributed by atoms with Gasteiger partial charge in [-0.05, 0) is 54.6 Å². The quantitative estimate of drug-likeness (QED) is 0.229. The molecule has 1 aromatic heterocycles. The van der Waals surface area contributed by atoms with Gasteiger partial charge in [-0.15, -0.1) is 0 Å². The number of nitro benzene ring substituents is 1. The minimum absolute atomic E-state index is 0.0382. The number of nitro groups is 1. The highest BCUT2D eigenvalue weighted by Gasteiger charge is 2.15. The van der Waals surface area contributed by atoms with Crippen LogP contribution in [0.1, 0.15) is 20.9 Å². The number of nitrogens with zero attached hydrogens (tertiary/aromatic N) is 1. The van der Waals surface area contributed by atoms with Gasteiger partial charge in [0.05, 0.1) is 15.5 Å². The van der Waals surface area contributed by atoms with Crippen LogP contribution in [0.25, 0.3) is 11.3 Å². The zero-order valence-corrected chi connectivity index (χ0v) is 18.8. The fraction of sp³-hybridized carbons (Fsp3) is 0. The third kappa shape index (κ3) is 5.25. The Kier molecular flexibility index (Phi) is 6.62. The maximum Gasteiger partial charge on any atom is 0.291 e. The summed E-state index contributed by atoms with van der Waals surface area (Å²) in [7, 11) is 0. The van der Waals surface area contributed by atoms with Crippen molar-refractivity contribution in [2.45, 2.75) is 0 Å². The number of hydrogen-bond acceptors (Lipinski definition) is 5. The van der Waals surface area contributed by atoms with Crippen molar-refractivity contribution in [3.8, 4) is 11.3 Å². The lowest BCUT2D eigenvalue weighted by Crippen LogP contribution is -2.13. The number of carbonyl (C=O) groups is 2. The van der Waals surface area contributed by atoms with E-state index < -0.39 is 16.7 Å². The Labute approximate surface area is 203 Å². The van der Waals surface area contributed by atoms with Crippen LogP contribution in [-0.4, -0.2) is 16.7 Å². The molecule has 0 aliphatic heterocycles. The maximum atomic E-state index is 12.5. The van der Waals surface area contributed by atoms with E-state index in [2.05, 4.69) is 10.6 Å². The van der Waals surface area contributed by atoms with Crippen molar-refractivity contribution in [2.75, 3.05) is 10.6 Å². The predicted octanol–water partition coefficient (Wildman–Crippen LogP) is 6.67. The first-order chi connectivity index (χ1) is 16.3. The van der Waals surface area contributed by atoms with Gasteiger partial charge in [-0.3, -0.25) is 19.7 Å². The fourth-order valence-corrected chi connectivity index (χ4v) is 3.58. The molecule has 0 saturated heterocycles. The molecule has 0 radical (unpaired) electrons. The summed E-state index contributed by atoms with van der Waals surface area (Å²) in [4.78, 5) is 35.4. The van der Waals surface area contributed by atoms with E-state index in [1.807, 2.05) is 0 Å². The molecule has 0 atom stereocenters. The number of carbonyl (C=O) groups excluding carboxylic acids is 2. The minimum atomic E-state index is -0.504. The van der Waals surface area contributed by atoms with Crippen LogP contribution in [0, 0.1) is 10.1 Å². The second-order valence-corrected chi connectivity index (χ2v) is 7.92. The minimum Gasteiger partial charge on any atom is -0.451 e. The molecule has 4 aromatic rings. The number of halogens is 2. The van der Waals surface area contributed by atoms with Crippen LogP contribution in [-0.2, 0) is 0 Å². The van der Waals surface area contributed by atoms with E-state index in [9.17, 15) is 19.7 Å². The summed E-state index contributed by atoms with van der Waals surface area (Å²) in [6.45, 7) is 0. The highest BCUT2D eigenvalue weighted by Crippen LogP contribution is 2.26. The molecule has 8 nitrogen and oxygen atoms in total. The second-order valence-electron chi connectivity index (χ2n) is 7.08. The smallest absolute Gasteiger partial charge is 0.291 e. The van der Waals surface area contributed by atoms with E-state index in [0.717, 1.165) is 0 Å². The van der Waals surface area contributed by atoms with Crippen molar-refractivity contribution in [3.05, 3.63) is 110 Å². The van der Waals surface area contributed by atoms with Gasteiger partial charge in [-0.25, -0.2) is 0 Å². The standard InChI is InChI=1S/C24H15Cl2N3O5/c25-15-4-9-19(20(26)13-15)23(30)27-16-5-7-17(8-6-16)28-24(31)22-11-10-21(34-22)14-2-1-3-18(12-14)29(32)33/h1-13H,(H,27,30)(H,28,31). The third-order valence-corrected chi connectivity index (χ3v) is 5.30. The van der Waals surface area contributed by atoms with Crippen molar-refractivity contribution in [2.24, 2.45) is 0 Å². The highest BCUT2D eigenvalue weighted by molar-refractivity contribution is 6.37. The Balaban J connectivity index is 1.41. The average molecular weight is 496 g/mol. The number of amides is 2. The molecule has 10 heteroatoms. The number of furan rings is 1. The van der Waals surface area contributed by atoms with Crippen LogP contribution in [0.15, 0.2) is 83.3 Å². The molecular formula is C24H15Cl2N3O5. The molecule has 0 aliphatic carbocycles. The van der Waals surface area contributed by atoms with E-state index in [4.69, 9.17) is 27.6 Å². The molecule has 4 rings (SSSR count). The van der Waals surface area contributed by atoms with E-state index in [1.165, 1.54) is 36.4 Å². The van der Waals surface area contributed by atoms with Gasteiger partial charge in [0, 0.05) is 34.1 Å². The van der Waals surface area contributed by atoms with Gasteiger partial charge in [-0.2, -0.15) is 0 Å². The Hall–Kier alpha value is -4.14. The molecule has 0 fully saturated rings. The van der Waals surface area contributed by atoms with Crippen molar-refractivity contribution < 1.29 is 18.9 Å². The lowest BCUT2D eigenvalue weighted by molar-refractivity contribution is -0.384. The van der Waals surface area contributed by atoms with Crippen LogP contribution in [0.3, 0.4) is 0 Å². The van der Waals surface area contributed by atoms with Gasteiger partial charge in [0.15, 0.2) is 5.76 Å². The fourth-order valence-electron chi connectivity index (χ4n) is 3.09. The molecule has 0 aliphatic rings. The molecule has 34 heavy (non-hydrogen) atoms. The molecule has 0 saturated carbocycles. The van der Waals surface area contributed by atoms with Crippen LogP contribution in [0.4, 0.5) is 17.1 Å². The Morgan fingerprint density at radius 1 is 0.824 bits per heavy atom. The van der Waals surface area contributed by atoms with E-state index in [0.29, 0.717) is 27.7 Å². The molecule has 3 aromatic carbocycles. The first-order valence-corrected chi connectivity index (χ1v) is 10.6. The van der Waals surface area contributed by atoms with Crippen LogP contribution < -0.4 is 10.6 Å². The summed E-state index contributed by atoms with van der Waals surface area (Å²) in [6.07, 6.45) is 0. The molecule has 2 amide bonds. The second kappa shape index (κ2) is 9.78. The van der Waals surface area contributed by atoms with Gasteiger partial charge in [0.25, 0.3) is 17.5 Å².